The van der Waals surface area contributed by atoms with E-state index in [2.05, 4.69) is 0 Å². The summed E-state index contributed by atoms with van der Waals surface area (Å²) < 4.78 is 64.6. The molecule has 1 amide bonds. The molecule has 0 N–H and O–H groups in total. The summed E-state index contributed by atoms with van der Waals surface area (Å²) in [6.45, 7) is 0.898. The van der Waals surface area contributed by atoms with E-state index in [4.69, 9.17) is 0 Å². The van der Waals surface area contributed by atoms with Gasteiger partial charge >= 0.3 is 6.18 Å². The third-order valence-electron chi connectivity index (χ3n) is 4.37. The van der Waals surface area contributed by atoms with Gasteiger partial charge in [0, 0.05) is 26.1 Å². The van der Waals surface area contributed by atoms with Crippen molar-refractivity contribution in [1.29, 1.82) is 0 Å². The minimum absolute atomic E-state index is 0.154. The SMILES string of the molecule is CS(=O)(=O)N(CCC(=O)N1CCCCCC1)c1ccccc1C(F)(F)F. The summed E-state index contributed by atoms with van der Waals surface area (Å²) in [6.07, 6.45) is -0.141. The fourth-order valence-corrected chi connectivity index (χ4v) is 4.01. The Labute approximate surface area is 151 Å². The highest BCUT2D eigenvalue weighted by molar-refractivity contribution is 7.92. The number of alkyl halides is 3. The number of halogens is 3. The summed E-state index contributed by atoms with van der Waals surface area (Å²) >= 11 is 0. The van der Waals surface area contributed by atoms with E-state index >= 15 is 0 Å². The standard InChI is InChI=1S/C17H23F3N2O3S/c1-26(24,25)22(15-9-5-4-8-14(15)17(18,19)20)13-10-16(23)21-11-6-2-3-7-12-21/h4-5,8-9H,2-3,6-7,10-13H2,1H3. The number of anilines is 1. The molecule has 0 unspecified atom stereocenters. The van der Waals surface area contributed by atoms with Crippen LogP contribution >= 0.6 is 0 Å². The third kappa shape index (κ3) is 5.36. The first kappa shape index (κ1) is 20.5. The van der Waals surface area contributed by atoms with Gasteiger partial charge in [0.1, 0.15) is 0 Å². The van der Waals surface area contributed by atoms with Crippen molar-refractivity contribution in [1.82, 2.24) is 4.90 Å². The second-order valence-corrected chi connectivity index (χ2v) is 8.30. The molecular formula is C17H23F3N2O3S. The fraction of sp³-hybridized carbons (Fsp3) is 0.588. The van der Waals surface area contributed by atoms with Crippen molar-refractivity contribution < 1.29 is 26.4 Å². The molecule has 146 valence electrons. The molecule has 1 heterocycles. The molecule has 0 radical (unpaired) electrons. The quantitative estimate of drug-likeness (QED) is 0.773. The molecule has 0 spiro atoms. The molecule has 2 rings (SSSR count). The van der Waals surface area contributed by atoms with Crippen LogP contribution in [0.25, 0.3) is 0 Å². The molecule has 0 atom stereocenters. The molecule has 1 aromatic carbocycles. The number of para-hydroxylation sites is 1. The molecule has 0 saturated carbocycles. The number of benzene rings is 1. The van der Waals surface area contributed by atoms with Crippen molar-refractivity contribution in [2.75, 3.05) is 30.2 Å². The lowest BCUT2D eigenvalue weighted by molar-refractivity contribution is -0.137. The van der Waals surface area contributed by atoms with E-state index in [0.29, 0.717) is 17.4 Å². The monoisotopic (exact) mass is 392 g/mol. The van der Waals surface area contributed by atoms with E-state index in [1.807, 2.05) is 0 Å². The smallest absolute Gasteiger partial charge is 0.343 e. The van der Waals surface area contributed by atoms with Crippen LogP contribution in [0.4, 0.5) is 18.9 Å². The van der Waals surface area contributed by atoms with Crippen molar-refractivity contribution >= 4 is 21.6 Å². The Bertz CT molecular complexity index is 727. The molecule has 26 heavy (non-hydrogen) atoms. The molecule has 1 saturated heterocycles. The largest absolute Gasteiger partial charge is 0.418 e. The summed E-state index contributed by atoms with van der Waals surface area (Å²) in [5.41, 5.74) is -1.49. The van der Waals surface area contributed by atoms with Gasteiger partial charge in [0.15, 0.2) is 0 Å². The van der Waals surface area contributed by atoms with E-state index in [0.717, 1.165) is 44.1 Å². The number of sulfonamides is 1. The van der Waals surface area contributed by atoms with Crippen LogP contribution in [-0.2, 0) is 21.0 Å². The Morgan fingerprint density at radius 3 is 2.23 bits per heavy atom. The summed E-state index contributed by atoms with van der Waals surface area (Å²) in [5.74, 6) is -0.231. The van der Waals surface area contributed by atoms with Crippen molar-refractivity contribution in [2.45, 2.75) is 38.3 Å². The number of rotatable bonds is 5. The zero-order valence-corrected chi connectivity index (χ0v) is 15.4. The molecule has 1 aliphatic heterocycles. The zero-order valence-electron chi connectivity index (χ0n) is 14.6. The Balaban J connectivity index is 2.21. The van der Waals surface area contributed by atoms with Crippen LogP contribution in [0.1, 0.15) is 37.7 Å². The van der Waals surface area contributed by atoms with Gasteiger partial charge in [-0.2, -0.15) is 13.2 Å². The van der Waals surface area contributed by atoms with Gasteiger partial charge in [0.25, 0.3) is 0 Å². The first-order chi connectivity index (χ1) is 12.1. The molecule has 1 aromatic rings. The molecular weight excluding hydrogens is 369 g/mol. The van der Waals surface area contributed by atoms with E-state index in [1.54, 1.807) is 4.90 Å². The Morgan fingerprint density at radius 1 is 1.12 bits per heavy atom. The van der Waals surface area contributed by atoms with Gasteiger partial charge in [0.05, 0.1) is 17.5 Å². The van der Waals surface area contributed by atoms with Crippen LogP contribution in [0.3, 0.4) is 0 Å². The predicted molar refractivity (Wildman–Crippen MR) is 93.3 cm³/mol. The number of carbonyl (C=O) groups excluding carboxylic acids is 1. The van der Waals surface area contributed by atoms with Crippen molar-refractivity contribution in [3.63, 3.8) is 0 Å². The van der Waals surface area contributed by atoms with Gasteiger partial charge < -0.3 is 4.90 Å². The van der Waals surface area contributed by atoms with E-state index in [-0.39, 0.29) is 18.9 Å². The Hall–Kier alpha value is -1.77. The number of nitrogens with zero attached hydrogens (tertiary/aromatic N) is 2. The number of likely N-dealkylation sites (tertiary alicyclic amines) is 1. The van der Waals surface area contributed by atoms with Crippen molar-refractivity contribution in [3.05, 3.63) is 29.8 Å². The molecule has 9 heteroatoms. The van der Waals surface area contributed by atoms with Crippen LogP contribution in [0.15, 0.2) is 24.3 Å². The molecule has 1 aliphatic rings. The minimum Gasteiger partial charge on any atom is -0.343 e. The molecule has 0 aliphatic carbocycles. The lowest BCUT2D eigenvalue weighted by Crippen LogP contribution is -2.38. The molecule has 1 fully saturated rings. The Morgan fingerprint density at radius 2 is 1.69 bits per heavy atom. The summed E-state index contributed by atoms with van der Waals surface area (Å²) in [6, 6.07) is 4.50. The molecule has 0 bridgehead atoms. The van der Waals surface area contributed by atoms with Crippen molar-refractivity contribution in [3.8, 4) is 0 Å². The maximum absolute atomic E-state index is 13.2. The van der Waals surface area contributed by atoms with E-state index in [9.17, 15) is 26.4 Å². The summed E-state index contributed by atoms with van der Waals surface area (Å²) in [5, 5.41) is 0. The van der Waals surface area contributed by atoms with Crippen molar-refractivity contribution in [2.24, 2.45) is 0 Å². The van der Waals surface area contributed by atoms with E-state index in [1.165, 1.54) is 12.1 Å². The van der Waals surface area contributed by atoms with Crippen LogP contribution < -0.4 is 4.31 Å². The van der Waals surface area contributed by atoms with Gasteiger partial charge in [-0.15, -0.1) is 0 Å². The first-order valence-electron chi connectivity index (χ1n) is 8.52. The lowest BCUT2D eigenvalue weighted by Gasteiger charge is -2.27. The lowest BCUT2D eigenvalue weighted by atomic mass is 10.1. The highest BCUT2D eigenvalue weighted by atomic mass is 32.2. The average Bonchev–Trinajstić information content (AvgIpc) is 2.82. The van der Waals surface area contributed by atoms with Crippen LogP contribution in [0, 0.1) is 0 Å². The van der Waals surface area contributed by atoms with Crippen LogP contribution in [0.5, 0.6) is 0 Å². The second kappa shape index (κ2) is 8.28. The summed E-state index contributed by atoms with van der Waals surface area (Å²) in [7, 11) is -3.97. The molecule has 0 aromatic heterocycles. The number of hydrogen-bond donors (Lipinski definition) is 0. The van der Waals surface area contributed by atoms with Gasteiger partial charge in [0.2, 0.25) is 15.9 Å². The number of hydrogen-bond acceptors (Lipinski definition) is 3. The first-order valence-corrected chi connectivity index (χ1v) is 10.4. The van der Waals surface area contributed by atoms with Crippen LogP contribution in [-0.4, -0.2) is 45.1 Å². The maximum Gasteiger partial charge on any atom is 0.418 e. The maximum atomic E-state index is 13.2. The van der Waals surface area contributed by atoms with E-state index < -0.39 is 27.5 Å². The normalized spacial score (nSPS) is 16.2. The van der Waals surface area contributed by atoms with Gasteiger partial charge in [-0.1, -0.05) is 25.0 Å². The Kier molecular flexibility index (Phi) is 6.54. The molecule has 5 nitrogen and oxygen atoms in total. The summed E-state index contributed by atoms with van der Waals surface area (Å²) in [4.78, 5) is 14.0. The second-order valence-electron chi connectivity index (χ2n) is 6.40. The number of carbonyl (C=O) groups is 1. The van der Waals surface area contributed by atoms with Gasteiger partial charge in [-0.05, 0) is 25.0 Å². The topological polar surface area (TPSA) is 57.7 Å². The van der Waals surface area contributed by atoms with Gasteiger partial charge in [-0.25, -0.2) is 8.42 Å². The third-order valence-corrected chi connectivity index (χ3v) is 5.55. The number of amides is 1. The zero-order chi connectivity index (χ0) is 19.4. The fourth-order valence-electron chi connectivity index (χ4n) is 3.07. The van der Waals surface area contributed by atoms with Gasteiger partial charge in [-0.3, -0.25) is 9.10 Å². The highest BCUT2D eigenvalue weighted by Gasteiger charge is 2.36. The average molecular weight is 392 g/mol. The highest BCUT2D eigenvalue weighted by Crippen LogP contribution is 2.37. The van der Waals surface area contributed by atoms with Crippen LogP contribution in [0.2, 0.25) is 0 Å². The minimum atomic E-state index is -4.69. The predicted octanol–water partition coefficient (Wildman–Crippen LogP) is 3.26.